The first-order chi connectivity index (χ1) is 20.7. The molecule has 2 atom stereocenters. The molecule has 2 aliphatic heterocycles. The van der Waals surface area contributed by atoms with Gasteiger partial charge in [-0.15, -0.1) is 35.3 Å². The van der Waals surface area contributed by atoms with E-state index in [1.807, 2.05) is 29.1 Å². The molecule has 0 aliphatic carbocycles. The Morgan fingerprint density at radius 3 is 2.67 bits per heavy atom. The fraction of sp³-hybridized carbons (Fsp3) is 0.280. The second kappa shape index (κ2) is 14.0. The lowest BCUT2D eigenvalue weighted by atomic mass is 10.0. The number of β-lactam (4-membered cyclic amide) rings is 1. The number of anilines is 1. The van der Waals surface area contributed by atoms with E-state index >= 15 is 0 Å². The second-order valence-electron chi connectivity index (χ2n) is 9.18. The van der Waals surface area contributed by atoms with Crippen LogP contribution in [0.3, 0.4) is 0 Å². The molecule has 3 amide bonds. The van der Waals surface area contributed by atoms with Crippen LogP contribution in [0.1, 0.15) is 6.42 Å². The smallest absolute Gasteiger partial charge is 0.352 e. The van der Waals surface area contributed by atoms with Gasteiger partial charge in [0.2, 0.25) is 17.8 Å². The Balaban J connectivity index is 1.13. The van der Waals surface area contributed by atoms with E-state index in [0.717, 1.165) is 4.90 Å². The van der Waals surface area contributed by atoms with Crippen molar-refractivity contribution in [1.29, 1.82) is 0 Å². The summed E-state index contributed by atoms with van der Waals surface area (Å²) in [7, 11) is 0. The van der Waals surface area contributed by atoms with Crippen molar-refractivity contribution in [2.45, 2.75) is 34.2 Å². The van der Waals surface area contributed by atoms with Gasteiger partial charge in [-0.05, 0) is 34.2 Å². The van der Waals surface area contributed by atoms with Gasteiger partial charge in [-0.1, -0.05) is 28.3 Å². The summed E-state index contributed by atoms with van der Waals surface area (Å²) in [6.07, 6.45) is 3.87. The molecule has 2 aromatic heterocycles. The predicted molar refractivity (Wildman–Crippen MR) is 162 cm³/mol. The van der Waals surface area contributed by atoms with E-state index in [2.05, 4.69) is 31.3 Å². The van der Waals surface area contributed by atoms with E-state index in [1.54, 1.807) is 18.2 Å². The van der Waals surface area contributed by atoms with Crippen molar-refractivity contribution >= 4 is 88.1 Å². The first-order valence-electron chi connectivity index (χ1n) is 12.6. The lowest BCUT2D eigenvalue weighted by molar-refractivity contribution is -0.696. The van der Waals surface area contributed by atoms with Gasteiger partial charge in [-0.3, -0.25) is 24.6 Å². The number of amides is 3. The second-order valence-corrected chi connectivity index (χ2v) is 13.2. The van der Waals surface area contributed by atoms with Gasteiger partial charge in [-0.25, -0.2) is 14.5 Å². The lowest BCUT2D eigenvalue weighted by Crippen LogP contribution is -2.70. The maximum atomic E-state index is 13.0. The summed E-state index contributed by atoms with van der Waals surface area (Å²) in [5.41, 5.74) is 0.587. The maximum Gasteiger partial charge on any atom is 0.352 e. The zero-order valence-electron chi connectivity index (χ0n) is 22.0. The maximum absolute atomic E-state index is 13.0. The number of carbonyl (C=O) groups excluding carboxylic acids is 3. The predicted octanol–water partition coefficient (Wildman–Crippen LogP) is 2.45. The lowest BCUT2D eigenvalue weighted by Gasteiger charge is -2.49. The minimum Gasteiger partial charge on any atom is -0.477 e. The van der Waals surface area contributed by atoms with Crippen molar-refractivity contribution in [1.82, 2.24) is 30.8 Å². The number of hydrogen-bond acceptors (Lipinski definition) is 10. The SMILES string of the molecule is O=C(CC[n+]1ccc(SCC2=C(C(=O)O)N3C(=O)[C@H](NC(=O)CSc4cc(Cl)ccc4Cl)[C@H]3SC2)cc1)Nc1nnn[nH]1. The first-order valence-corrected chi connectivity index (χ1v) is 16.4. The monoisotopic (exact) mass is 681 g/mol. The van der Waals surface area contributed by atoms with Crippen molar-refractivity contribution in [2.75, 3.05) is 22.6 Å². The fourth-order valence-corrected chi connectivity index (χ4v) is 7.91. The van der Waals surface area contributed by atoms with Crippen LogP contribution in [0.25, 0.3) is 0 Å². The first kappa shape index (κ1) is 31.1. The highest BCUT2D eigenvalue weighted by atomic mass is 35.5. The average molecular weight is 683 g/mol. The minimum absolute atomic E-state index is 0.0232. The highest BCUT2D eigenvalue weighted by molar-refractivity contribution is 8.01. The van der Waals surface area contributed by atoms with E-state index in [9.17, 15) is 24.3 Å². The summed E-state index contributed by atoms with van der Waals surface area (Å²) in [4.78, 5) is 52.6. The van der Waals surface area contributed by atoms with Crippen molar-refractivity contribution in [3.8, 4) is 0 Å². The summed E-state index contributed by atoms with van der Waals surface area (Å²) in [6.45, 7) is 0.437. The van der Waals surface area contributed by atoms with Crippen LogP contribution in [-0.4, -0.2) is 83.0 Å². The Kier molecular flexibility index (Phi) is 10.1. The van der Waals surface area contributed by atoms with Gasteiger partial charge in [0.15, 0.2) is 18.9 Å². The fourth-order valence-electron chi connectivity index (χ4n) is 4.24. The van der Waals surface area contributed by atoms with E-state index < -0.39 is 23.3 Å². The number of rotatable bonds is 12. The molecule has 0 bridgehead atoms. The quantitative estimate of drug-likeness (QED) is 0.126. The summed E-state index contributed by atoms with van der Waals surface area (Å²) < 4.78 is 1.85. The molecule has 3 aromatic rings. The molecule has 13 nitrogen and oxygen atoms in total. The van der Waals surface area contributed by atoms with Crippen molar-refractivity contribution in [3.05, 3.63) is 64.0 Å². The van der Waals surface area contributed by atoms with Crippen molar-refractivity contribution in [2.24, 2.45) is 0 Å². The number of tetrazole rings is 1. The molecule has 5 rings (SSSR count). The topological polar surface area (TPSA) is 174 Å². The molecular formula is C25H23Cl2N8O5S3+. The van der Waals surface area contributed by atoms with Gasteiger partial charge in [0.1, 0.15) is 17.1 Å². The standard InChI is InChI=1S/C25H22Cl2N8O5S3/c26-14-1-2-16(27)17(9-14)42-12-19(37)28-20-22(38)35-21(24(39)40)13(11-43-23(20)35)10-41-15-3-6-34(7-4-15)8-5-18(36)29-25-30-32-33-31-25/h1-4,6-7,9,20,23H,5,8,10-12H2,(H3-,28,29,30,31,32,33,36,37,39,40)/p+1/t20-,23+/m0/s1. The third-order valence-corrected chi connectivity index (χ3v) is 10.5. The number of aliphatic carboxylic acids is 1. The van der Waals surface area contributed by atoms with Gasteiger partial charge in [0.05, 0.1) is 17.2 Å². The highest BCUT2D eigenvalue weighted by Crippen LogP contribution is 2.41. The normalized spacial score (nSPS) is 17.7. The molecule has 4 N–H and O–H groups in total. The van der Waals surface area contributed by atoms with Crippen LogP contribution in [0, 0.1) is 0 Å². The Morgan fingerprint density at radius 1 is 1.16 bits per heavy atom. The number of nitrogens with zero attached hydrogens (tertiary/aromatic N) is 5. The molecule has 43 heavy (non-hydrogen) atoms. The largest absolute Gasteiger partial charge is 0.477 e. The number of halogens is 2. The highest BCUT2D eigenvalue weighted by Gasteiger charge is 2.54. The number of carboxylic acids is 1. The Hall–Kier alpha value is -3.31. The molecule has 224 valence electrons. The molecule has 0 radical (unpaired) electrons. The van der Waals surface area contributed by atoms with Gasteiger partial charge in [-0.2, -0.15) is 0 Å². The average Bonchev–Trinajstić information content (AvgIpc) is 3.51. The number of carbonyl (C=O) groups is 4. The molecule has 1 saturated heterocycles. The van der Waals surface area contributed by atoms with Crippen LogP contribution >= 0.6 is 58.5 Å². The number of thioether (sulfide) groups is 3. The van der Waals surface area contributed by atoms with Crippen LogP contribution in [0.5, 0.6) is 0 Å². The molecular weight excluding hydrogens is 659 g/mol. The summed E-state index contributed by atoms with van der Waals surface area (Å²) >= 11 is 16.2. The Labute approximate surface area is 267 Å². The van der Waals surface area contributed by atoms with E-state index in [4.69, 9.17) is 23.2 Å². The number of hydrogen-bond donors (Lipinski definition) is 4. The van der Waals surface area contributed by atoms with Gasteiger partial charge in [0.25, 0.3) is 5.91 Å². The Morgan fingerprint density at radius 2 is 1.95 bits per heavy atom. The zero-order valence-corrected chi connectivity index (χ0v) is 26.0. The third-order valence-electron chi connectivity index (χ3n) is 6.29. The number of H-pyrrole nitrogens is 1. The molecule has 4 heterocycles. The van der Waals surface area contributed by atoms with Gasteiger partial charge in [0, 0.05) is 38.5 Å². The zero-order chi connectivity index (χ0) is 30.5. The van der Waals surface area contributed by atoms with Crippen molar-refractivity contribution in [3.63, 3.8) is 0 Å². The molecule has 0 unspecified atom stereocenters. The molecule has 0 saturated carbocycles. The summed E-state index contributed by atoms with van der Waals surface area (Å²) in [6, 6.07) is 7.89. The van der Waals surface area contributed by atoms with Crippen LogP contribution in [0.2, 0.25) is 10.0 Å². The minimum atomic E-state index is -1.18. The number of nitrogens with one attached hydrogen (secondary N) is 3. The molecule has 1 fully saturated rings. The van der Waals surface area contributed by atoms with Crippen molar-refractivity contribution < 1.29 is 28.9 Å². The van der Waals surface area contributed by atoms with E-state index in [-0.39, 0.29) is 35.6 Å². The van der Waals surface area contributed by atoms with E-state index in [0.29, 0.717) is 38.6 Å². The molecule has 0 spiro atoms. The number of benzene rings is 1. The van der Waals surface area contributed by atoms with Gasteiger partial charge < -0.3 is 10.4 Å². The van der Waals surface area contributed by atoms with Crippen LogP contribution in [0.15, 0.2) is 63.8 Å². The molecule has 18 heteroatoms. The number of fused-ring (bicyclic) bond motifs is 1. The number of aromatic amines is 1. The molecule has 2 aliphatic rings. The number of aryl methyl sites for hydroxylation is 1. The van der Waals surface area contributed by atoms with Crippen LogP contribution < -0.4 is 15.2 Å². The molecule has 1 aromatic carbocycles. The third kappa shape index (κ3) is 7.62. The summed E-state index contributed by atoms with van der Waals surface area (Å²) in [5.74, 6) is -1.27. The number of aromatic nitrogens is 5. The van der Waals surface area contributed by atoms with Crippen LogP contribution in [0.4, 0.5) is 5.95 Å². The summed E-state index contributed by atoms with van der Waals surface area (Å²) in [5, 5.41) is 28.6. The van der Waals surface area contributed by atoms with Gasteiger partial charge >= 0.3 is 5.97 Å². The van der Waals surface area contributed by atoms with E-state index in [1.165, 1.54) is 40.2 Å². The van der Waals surface area contributed by atoms with Crippen LogP contribution in [-0.2, 0) is 25.7 Å². The Bertz CT molecular complexity index is 1580. The number of pyridine rings is 1. The number of carboxylic acid groups (broad SMARTS) is 1.